The van der Waals surface area contributed by atoms with Gasteiger partial charge in [0.05, 0.1) is 6.54 Å². The normalized spacial score (nSPS) is 10.4. The van der Waals surface area contributed by atoms with E-state index in [1.54, 1.807) is 12.7 Å². The summed E-state index contributed by atoms with van der Waals surface area (Å²) in [5.74, 6) is 0.739. The molecule has 1 aromatic carbocycles. The second kappa shape index (κ2) is 4.75. The van der Waals surface area contributed by atoms with Crippen molar-refractivity contribution in [1.82, 2.24) is 24.7 Å². The molecule has 3 rings (SSSR count). The molecular weight excluding hydrogens is 226 g/mol. The standard InChI is InChI=1S/C13H11N5/c1-2-4-12(5-3-1)13-14-6-11(7-15-13)8-18-9-16-17-10-18/h1-7,9-10H,8H2. The summed E-state index contributed by atoms with van der Waals surface area (Å²) in [7, 11) is 0. The number of aromatic nitrogens is 5. The Morgan fingerprint density at radius 3 is 2.22 bits per heavy atom. The highest BCUT2D eigenvalue weighted by Gasteiger charge is 2.01. The fourth-order valence-electron chi connectivity index (χ4n) is 1.69. The van der Waals surface area contributed by atoms with Crippen LogP contribution in [0.4, 0.5) is 0 Å². The van der Waals surface area contributed by atoms with E-state index in [-0.39, 0.29) is 0 Å². The molecule has 0 bridgehead atoms. The van der Waals surface area contributed by atoms with Gasteiger partial charge >= 0.3 is 0 Å². The zero-order valence-corrected chi connectivity index (χ0v) is 9.64. The van der Waals surface area contributed by atoms with Crippen LogP contribution < -0.4 is 0 Å². The highest BCUT2D eigenvalue weighted by molar-refractivity contribution is 5.53. The molecule has 0 atom stereocenters. The third kappa shape index (κ3) is 2.24. The van der Waals surface area contributed by atoms with E-state index in [0.717, 1.165) is 17.0 Å². The Labute approximate surface area is 104 Å². The molecule has 5 heteroatoms. The highest BCUT2D eigenvalue weighted by Crippen LogP contribution is 2.13. The van der Waals surface area contributed by atoms with Gasteiger partial charge < -0.3 is 4.57 Å². The van der Waals surface area contributed by atoms with Gasteiger partial charge in [-0.3, -0.25) is 0 Å². The number of rotatable bonds is 3. The maximum atomic E-state index is 4.36. The fourth-order valence-corrected chi connectivity index (χ4v) is 1.69. The van der Waals surface area contributed by atoms with Gasteiger partial charge in [-0.15, -0.1) is 10.2 Å². The van der Waals surface area contributed by atoms with Gasteiger partial charge in [-0.05, 0) is 0 Å². The summed E-state index contributed by atoms with van der Waals surface area (Å²) in [6.07, 6.45) is 7.00. The van der Waals surface area contributed by atoms with Crippen LogP contribution in [0.3, 0.4) is 0 Å². The lowest BCUT2D eigenvalue weighted by Gasteiger charge is -2.03. The smallest absolute Gasteiger partial charge is 0.159 e. The van der Waals surface area contributed by atoms with Crippen molar-refractivity contribution in [1.29, 1.82) is 0 Å². The van der Waals surface area contributed by atoms with Crippen molar-refractivity contribution in [3.8, 4) is 11.4 Å². The monoisotopic (exact) mass is 237 g/mol. The average molecular weight is 237 g/mol. The summed E-state index contributed by atoms with van der Waals surface area (Å²) in [5.41, 5.74) is 2.04. The van der Waals surface area contributed by atoms with Crippen molar-refractivity contribution in [3.05, 3.63) is 60.9 Å². The molecule has 0 amide bonds. The van der Waals surface area contributed by atoms with Crippen molar-refractivity contribution in [2.45, 2.75) is 6.54 Å². The average Bonchev–Trinajstić information content (AvgIpc) is 2.94. The molecule has 0 saturated carbocycles. The molecule has 0 fully saturated rings. The predicted octanol–water partition coefficient (Wildman–Crippen LogP) is 1.78. The van der Waals surface area contributed by atoms with E-state index >= 15 is 0 Å². The minimum absolute atomic E-state index is 0.683. The molecule has 88 valence electrons. The van der Waals surface area contributed by atoms with Gasteiger partial charge in [-0.1, -0.05) is 30.3 Å². The molecule has 3 aromatic rings. The highest BCUT2D eigenvalue weighted by atomic mass is 15.2. The Hall–Kier alpha value is -2.56. The Morgan fingerprint density at radius 2 is 1.56 bits per heavy atom. The lowest BCUT2D eigenvalue weighted by molar-refractivity contribution is 0.785. The predicted molar refractivity (Wildman–Crippen MR) is 66.6 cm³/mol. The SMILES string of the molecule is c1ccc(-c2ncc(Cn3cnnc3)cn2)cc1. The van der Waals surface area contributed by atoms with Gasteiger partial charge in [0.1, 0.15) is 12.7 Å². The van der Waals surface area contributed by atoms with Gasteiger partial charge in [0.25, 0.3) is 0 Å². The van der Waals surface area contributed by atoms with Crippen LogP contribution in [0, 0.1) is 0 Å². The molecular formula is C13H11N5. The lowest BCUT2D eigenvalue weighted by Crippen LogP contribution is -1.99. The van der Waals surface area contributed by atoms with Crippen molar-refractivity contribution >= 4 is 0 Å². The molecule has 0 aliphatic heterocycles. The van der Waals surface area contributed by atoms with Gasteiger partial charge in [-0.25, -0.2) is 9.97 Å². The molecule has 0 saturated heterocycles. The summed E-state index contributed by atoms with van der Waals surface area (Å²) in [5, 5.41) is 7.51. The Balaban J connectivity index is 1.81. The van der Waals surface area contributed by atoms with Crippen LogP contribution in [-0.2, 0) is 6.54 Å². The number of hydrogen-bond donors (Lipinski definition) is 0. The third-order valence-corrected chi connectivity index (χ3v) is 2.57. The fraction of sp³-hybridized carbons (Fsp3) is 0.0769. The molecule has 0 N–H and O–H groups in total. The van der Waals surface area contributed by atoms with Crippen molar-refractivity contribution in [2.24, 2.45) is 0 Å². The molecule has 2 aromatic heterocycles. The number of hydrogen-bond acceptors (Lipinski definition) is 4. The van der Waals surface area contributed by atoms with Crippen LogP contribution in [0.25, 0.3) is 11.4 Å². The number of benzene rings is 1. The van der Waals surface area contributed by atoms with Crippen LogP contribution in [0.5, 0.6) is 0 Å². The molecule has 0 unspecified atom stereocenters. The second-order valence-corrected chi connectivity index (χ2v) is 3.92. The molecule has 2 heterocycles. The van der Waals surface area contributed by atoms with Gasteiger partial charge in [0.15, 0.2) is 5.82 Å². The van der Waals surface area contributed by atoms with E-state index in [1.165, 1.54) is 0 Å². The summed E-state index contributed by atoms with van der Waals surface area (Å²) in [6.45, 7) is 0.683. The van der Waals surface area contributed by atoms with Crippen LogP contribution in [-0.4, -0.2) is 24.7 Å². The summed E-state index contributed by atoms with van der Waals surface area (Å²) in [4.78, 5) is 8.73. The first-order chi connectivity index (χ1) is 8.92. The molecule has 5 nitrogen and oxygen atoms in total. The molecule has 0 radical (unpaired) electrons. The van der Waals surface area contributed by atoms with E-state index in [4.69, 9.17) is 0 Å². The van der Waals surface area contributed by atoms with Crippen molar-refractivity contribution in [3.63, 3.8) is 0 Å². The van der Waals surface area contributed by atoms with Crippen molar-refractivity contribution < 1.29 is 0 Å². The van der Waals surface area contributed by atoms with Crippen LogP contribution in [0.15, 0.2) is 55.4 Å². The third-order valence-electron chi connectivity index (χ3n) is 2.57. The molecule has 0 aliphatic carbocycles. The first-order valence-corrected chi connectivity index (χ1v) is 5.60. The summed E-state index contributed by atoms with van der Waals surface area (Å²) in [6, 6.07) is 9.92. The quantitative estimate of drug-likeness (QED) is 0.696. The number of nitrogens with zero attached hydrogens (tertiary/aromatic N) is 5. The van der Waals surface area contributed by atoms with E-state index in [1.807, 2.05) is 47.3 Å². The maximum absolute atomic E-state index is 4.36. The maximum Gasteiger partial charge on any atom is 0.159 e. The Bertz CT molecular complexity index is 602. The first kappa shape index (κ1) is 10.6. The van der Waals surface area contributed by atoms with Crippen LogP contribution in [0.2, 0.25) is 0 Å². The minimum atomic E-state index is 0.683. The minimum Gasteiger partial charge on any atom is -0.316 e. The Morgan fingerprint density at radius 1 is 0.889 bits per heavy atom. The zero-order chi connectivity index (χ0) is 12.2. The first-order valence-electron chi connectivity index (χ1n) is 5.60. The summed E-state index contributed by atoms with van der Waals surface area (Å²) >= 11 is 0. The molecule has 0 aliphatic rings. The van der Waals surface area contributed by atoms with Crippen molar-refractivity contribution in [2.75, 3.05) is 0 Å². The molecule has 18 heavy (non-hydrogen) atoms. The largest absolute Gasteiger partial charge is 0.316 e. The van der Waals surface area contributed by atoms with E-state index < -0.39 is 0 Å². The van der Waals surface area contributed by atoms with E-state index in [9.17, 15) is 0 Å². The Kier molecular flexibility index (Phi) is 2.79. The molecule has 0 spiro atoms. The van der Waals surface area contributed by atoms with Gasteiger partial charge in [0.2, 0.25) is 0 Å². The zero-order valence-electron chi connectivity index (χ0n) is 9.64. The van der Waals surface area contributed by atoms with E-state index in [0.29, 0.717) is 6.54 Å². The van der Waals surface area contributed by atoms with E-state index in [2.05, 4.69) is 20.2 Å². The topological polar surface area (TPSA) is 56.5 Å². The second-order valence-electron chi connectivity index (χ2n) is 3.92. The van der Waals surface area contributed by atoms with Crippen LogP contribution >= 0.6 is 0 Å². The van der Waals surface area contributed by atoms with Gasteiger partial charge in [-0.2, -0.15) is 0 Å². The summed E-state index contributed by atoms with van der Waals surface area (Å²) < 4.78 is 1.88. The van der Waals surface area contributed by atoms with Crippen LogP contribution in [0.1, 0.15) is 5.56 Å². The lowest BCUT2D eigenvalue weighted by atomic mass is 10.2. The van der Waals surface area contributed by atoms with Gasteiger partial charge in [0, 0.05) is 23.5 Å².